The number of rotatable bonds is 1. The predicted molar refractivity (Wildman–Crippen MR) is 80.2 cm³/mol. The second-order valence-corrected chi connectivity index (χ2v) is 7.77. The number of amides is 2. The molecule has 3 atom stereocenters. The highest BCUT2D eigenvalue weighted by atomic mass is 35.5. The molecule has 0 aromatic heterocycles. The number of hydrogen-bond donors (Lipinski definition) is 2. The summed E-state index contributed by atoms with van der Waals surface area (Å²) < 4.78 is 5.80. The molecule has 5 rings (SSSR count). The summed E-state index contributed by atoms with van der Waals surface area (Å²) in [5, 5.41) is 12.2. The molecule has 1 spiro atoms. The van der Waals surface area contributed by atoms with Crippen LogP contribution in [0.25, 0.3) is 0 Å². The van der Waals surface area contributed by atoms with Crippen LogP contribution < -0.4 is 10.1 Å². The average molecular weight is 361 g/mol. The van der Waals surface area contributed by atoms with Gasteiger partial charge >= 0.3 is 5.72 Å². The first-order chi connectivity index (χ1) is 10.5. The lowest BCUT2D eigenvalue weighted by Crippen LogP contribution is -2.71. The van der Waals surface area contributed by atoms with Crippen molar-refractivity contribution in [3.8, 4) is 11.5 Å². The summed E-state index contributed by atoms with van der Waals surface area (Å²) in [6.45, 7) is 0. The van der Waals surface area contributed by atoms with Crippen LogP contribution in [0.4, 0.5) is 0 Å². The summed E-state index contributed by atoms with van der Waals surface area (Å²) >= 11 is 5.96. The van der Waals surface area contributed by atoms with E-state index in [4.69, 9.17) is 21.2 Å². The van der Waals surface area contributed by atoms with E-state index < -0.39 is 28.2 Å². The van der Waals surface area contributed by atoms with Crippen molar-refractivity contribution in [1.82, 2.24) is 10.4 Å². The van der Waals surface area contributed by atoms with Crippen molar-refractivity contribution in [3.63, 3.8) is 0 Å². The molecule has 0 aliphatic carbocycles. The molecule has 4 heterocycles. The number of fused-ring (bicyclic) bond motifs is 4. The summed E-state index contributed by atoms with van der Waals surface area (Å²) in [4.78, 5) is 30.2. The number of carbonyl (C=O) groups is 2. The van der Waals surface area contributed by atoms with Gasteiger partial charge in [-0.3, -0.25) is 14.4 Å². The predicted octanol–water partition coefficient (Wildman–Crippen LogP) is 1.42. The third kappa shape index (κ3) is 1.59. The van der Waals surface area contributed by atoms with E-state index in [1.165, 1.54) is 34.8 Å². The van der Waals surface area contributed by atoms with Gasteiger partial charge in [-0.25, -0.2) is 0 Å². The van der Waals surface area contributed by atoms with Gasteiger partial charge in [0, 0.05) is 11.6 Å². The highest BCUT2D eigenvalue weighted by Crippen LogP contribution is 2.61. The van der Waals surface area contributed by atoms with Crippen LogP contribution in [0, 0.1) is 0 Å². The van der Waals surface area contributed by atoms with E-state index in [9.17, 15) is 14.7 Å². The summed E-state index contributed by atoms with van der Waals surface area (Å²) in [7, 11) is 3.87. The zero-order chi connectivity index (χ0) is 15.6. The zero-order valence-electron chi connectivity index (χ0n) is 11.0. The first kappa shape index (κ1) is 14.3. The van der Waals surface area contributed by atoms with E-state index in [-0.39, 0.29) is 10.8 Å². The molecular formula is C12H9ClN2O5S2. The van der Waals surface area contributed by atoms with Gasteiger partial charge in [0.05, 0.1) is 12.1 Å². The van der Waals surface area contributed by atoms with Crippen molar-refractivity contribution in [2.75, 3.05) is 7.11 Å². The Kier molecular flexibility index (Phi) is 3.00. The SMILES string of the molecule is CON1C(=O)C2NC(=O)[C@@]13Oc1cc(O)c(Cl)cc1[C@@H]3SS2. The van der Waals surface area contributed by atoms with Crippen molar-refractivity contribution in [3.05, 3.63) is 22.7 Å². The number of aromatic hydroxyl groups is 1. The standard InChI is InChI=1S/C12H9ClN2O5S2/c1-19-15-10(17)9-14-11(18)12(15)8(21-22-9)4-2-5(13)6(16)3-7(4)20-12/h2-3,8-9,16H,1H3,(H,14,18)/t8-,9?,12+/m0/s1. The topological polar surface area (TPSA) is 88.1 Å². The smallest absolute Gasteiger partial charge is 0.303 e. The molecule has 1 aromatic carbocycles. The summed E-state index contributed by atoms with van der Waals surface area (Å²) in [6, 6.07) is 2.88. The highest BCUT2D eigenvalue weighted by molar-refractivity contribution is 8.77. The van der Waals surface area contributed by atoms with E-state index in [0.717, 1.165) is 5.06 Å². The molecule has 2 N–H and O–H groups in total. The molecule has 0 saturated carbocycles. The summed E-state index contributed by atoms with van der Waals surface area (Å²) in [5.41, 5.74) is -1.01. The Balaban J connectivity index is 1.94. The molecule has 3 fully saturated rings. The molecule has 0 radical (unpaired) electrons. The number of nitrogens with one attached hydrogen (secondary N) is 1. The number of hydrogen-bond acceptors (Lipinski definition) is 7. The second-order valence-electron chi connectivity index (χ2n) is 4.88. The normalized spacial score (nSPS) is 32.2. The minimum Gasteiger partial charge on any atom is -0.506 e. The van der Waals surface area contributed by atoms with Crippen LogP contribution in [-0.4, -0.2) is 40.2 Å². The molecule has 1 aromatic rings. The minimum absolute atomic E-state index is 0.152. The molecule has 7 nitrogen and oxygen atoms in total. The van der Waals surface area contributed by atoms with E-state index in [1.807, 2.05) is 0 Å². The molecule has 116 valence electrons. The molecule has 4 aliphatic rings. The van der Waals surface area contributed by atoms with Crippen molar-refractivity contribution >= 4 is 45.0 Å². The van der Waals surface area contributed by atoms with Crippen LogP contribution >= 0.6 is 33.2 Å². The fourth-order valence-corrected chi connectivity index (χ4v) is 5.92. The number of nitrogens with zero attached hydrogens (tertiary/aromatic N) is 1. The average Bonchev–Trinajstić information content (AvgIpc) is 2.62. The Bertz CT molecular complexity index is 717. The first-order valence-electron chi connectivity index (χ1n) is 6.21. The van der Waals surface area contributed by atoms with Gasteiger partial charge < -0.3 is 15.2 Å². The van der Waals surface area contributed by atoms with Crippen molar-refractivity contribution in [2.45, 2.75) is 16.3 Å². The van der Waals surface area contributed by atoms with Gasteiger partial charge in [0.25, 0.3) is 11.8 Å². The van der Waals surface area contributed by atoms with Crippen molar-refractivity contribution < 1.29 is 24.3 Å². The number of halogens is 1. The molecule has 4 aliphatic heterocycles. The van der Waals surface area contributed by atoms with E-state index in [0.29, 0.717) is 11.3 Å². The van der Waals surface area contributed by atoms with Gasteiger partial charge in [-0.1, -0.05) is 33.2 Å². The van der Waals surface area contributed by atoms with Crippen LogP contribution in [0.5, 0.6) is 11.5 Å². The molecule has 2 amide bonds. The van der Waals surface area contributed by atoms with Crippen LogP contribution in [0.15, 0.2) is 12.1 Å². The lowest BCUT2D eigenvalue weighted by molar-refractivity contribution is -0.252. The number of phenolic OH excluding ortho intramolecular Hbond substituents is 1. The third-order valence-electron chi connectivity index (χ3n) is 3.73. The summed E-state index contributed by atoms with van der Waals surface area (Å²) in [6.07, 6.45) is 0. The molecule has 2 bridgehead atoms. The number of hydroxylamine groups is 2. The Morgan fingerprint density at radius 3 is 2.95 bits per heavy atom. The quantitative estimate of drug-likeness (QED) is 0.732. The molecule has 10 heteroatoms. The maximum atomic E-state index is 12.6. The Morgan fingerprint density at radius 2 is 2.23 bits per heavy atom. The van der Waals surface area contributed by atoms with Gasteiger partial charge in [-0.15, -0.1) is 0 Å². The molecular weight excluding hydrogens is 352 g/mol. The minimum atomic E-state index is -1.64. The Hall–Kier alpha value is -1.29. The number of carbonyl (C=O) groups excluding carboxylic acids is 2. The number of ether oxygens (including phenoxy) is 1. The fraction of sp³-hybridized carbons (Fsp3) is 0.333. The fourth-order valence-electron chi connectivity index (χ4n) is 2.76. The number of benzene rings is 1. The lowest BCUT2D eigenvalue weighted by atomic mass is 10.0. The van der Waals surface area contributed by atoms with Gasteiger partial charge in [0.2, 0.25) is 0 Å². The van der Waals surface area contributed by atoms with Crippen LogP contribution in [-0.2, 0) is 14.4 Å². The van der Waals surface area contributed by atoms with E-state index in [2.05, 4.69) is 5.32 Å². The van der Waals surface area contributed by atoms with Crippen molar-refractivity contribution in [1.29, 1.82) is 0 Å². The maximum Gasteiger partial charge on any atom is 0.303 e. The number of phenols is 1. The Labute approximate surface area is 137 Å². The second kappa shape index (κ2) is 4.60. The van der Waals surface area contributed by atoms with Crippen LogP contribution in [0.3, 0.4) is 0 Å². The van der Waals surface area contributed by atoms with E-state index >= 15 is 0 Å². The highest BCUT2D eigenvalue weighted by Gasteiger charge is 2.67. The van der Waals surface area contributed by atoms with E-state index in [1.54, 1.807) is 6.07 Å². The maximum absolute atomic E-state index is 12.6. The van der Waals surface area contributed by atoms with Gasteiger partial charge in [0.1, 0.15) is 16.7 Å². The van der Waals surface area contributed by atoms with Gasteiger partial charge in [-0.2, -0.15) is 5.06 Å². The monoisotopic (exact) mass is 360 g/mol. The molecule has 3 saturated heterocycles. The first-order valence-corrected chi connectivity index (χ1v) is 8.87. The zero-order valence-corrected chi connectivity index (χ0v) is 13.4. The van der Waals surface area contributed by atoms with Crippen molar-refractivity contribution in [2.24, 2.45) is 0 Å². The van der Waals surface area contributed by atoms with Crippen LogP contribution in [0.1, 0.15) is 10.8 Å². The van der Waals surface area contributed by atoms with Gasteiger partial charge in [0.15, 0.2) is 5.37 Å². The van der Waals surface area contributed by atoms with Gasteiger partial charge in [-0.05, 0) is 6.07 Å². The molecule has 22 heavy (non-hydrogen) atoms. The largest absolute Gasteiger partial charge is 0.506 e. The Morgan fingerprint density at radius 1 is 1.45 bits per heavy atom. The lowest BCUT2D eigenvalue weighted by Gasteiger charge is -2.41. The van der Waals surface area contributed by atoms with Crippen LogP contribution in [0.2, 0.25) is 5.02 Å². The molecule has 1 unspecified atom stereocenters. The number of piperazine rings is 1. The third-order valence-corrected chi connectivity index (χ3v) is 6.91. The summed E-state index contributed by atoms with van der Waals surface area (Å²) in [5.74, 6) is -0.723.